The van der Waals surface area contributed by atoms with Crippen LogP contribution in [-0.4, -0.2) is 37.4 Å². The molecule has 1 N–H and O–H groups in total. The van der Waals surface area contributed by atoms with E-state index in [1.54, 1.807) is 14.2 Å². The number of nitrogens with one attached hydrogen (secondary N) is 1. The van der Waals surface area contributed by atoms with Gasteiger partial charge in [0.2, 0.25) is 0 Å². The molecule has 1 heterocycles. The molecule has 0 radical (unpaired) electrons. The van der Waals surface area contributed by atoms with Gasteiger partial charge in [-0.1, -0.05) is 38.1 Å². The number of benzene rings is 3. The molecule has 0 aliphatic carbocycles. The summed E-state index contributed by atoms with van der Waals surface area (Å²) in [4.78, 5) is 2.22. The molecule has 5 nitrogen and oxygen atoms in total. The van der Waals surface area contributed by atoms with Gasteiger partial charge in [-0.2, -0.15) is 0 Å². The Morgan fingerprint density at radius 2 is 1.74 bits per heavy atom. The molecule has 3 aromatic rings. The molecular weight excluding hydrogens is 456 g/mol. The number of hydrogen-bond donors (Lipinski definition) is 1. The van der Waals surface area contributed by atoms with Crippen molar-refractivity contribution in [2.75, 3.05) is 32.7 Å². The van der Waals surface area contributed by atoms with Crippen LogP contribution in [0, 0.1) is 6.92 Å². The lowest BCUT2D eigenvalue weighted by Gasteiger charge is -2.39. The van der Waals surface area contributed by atoms with Crippen molar-refractivity contribution < 1.29 is 14.2 Å². The van der Waals surface area contributed by atoms with E-state index in [9.17, 15) is 0 Å². The van der Waals surface area contributed by atoms with Crippen molar-refractivity contribution in [1.29, 1.82) is 0 Å². The Bertz CT molecular complexity index is 1180. The molecule has 184 valence electrons. The van der Waals surface area contributed by atoms with E-state index in [-0.39, 0.29) is 6.04 Å². The highest BCUT2D eigenvalue weighted by atomic mass is 32.1. The fourth-order valence-electron chi connectivity index (χ4n) is 4.49. The molecule has 0 saturated carbocycles. The first-order valence-electron chi connectivity index (χ1n) is 12.0. The third kappa shape index (κ3) is 5.70. The van der Waals surface area contributed by atoms with Crippen molar-refractivity contribution in [1.82, 2.24) is 4.90 Å². The van der Waals surface area contributed by atoms with Crippen molar-refractivity contribution in [2.24, 2.45) is 0 Å². The van der Waals surface area contributed by atoms with Crippen LogP contribution in [0.2, 0.25) is 0 Å². The molecule has 1 unspecified atom stereocenters. The van der Waals surface area contributed by atoms with Crippen LogP contribution in [0.15, 0.2) is 60.7 Å². The Balaban J connectivity index is 1.62. The summed E-state index contributed by atoms with van der Waals surface area (Å²) in [5.41, 5.74) is 5.82. The number of methoxy groups -OCH3 is 2. The van der Waals surface area contributed by atoms with Gasteiger partial charge in [0.25, 0.3) is 0 Å². The molecule has 1 aliphatic rings. The van der Waals surface area contributed by atoms with E-state index in [0.29, 0.717) is 23.4 Å². The van der Waals surface area contributed by atoms with E-state index in [2.05, 4.69) is 67.4 Å². The molecule has 0 aromatic heterocycles. The summed E-state index contributed by atoms with van der Waals surface area (Å²) in [5.74, 6) is 2.78. The average molecular weight is 491 g/mol. The third-order valence-corrected chi connectivity index (χ3v) is 6.82. The monoisotopic (exact) mass is 490 g/mol. The van der Waals surface area contributed by atoms with Gasteiger partial charge in [-0.25, -0.2) is 0 Å². The minimum atomic E-state index is -0.0758. The van der Waals surface area contributed by atoms with Crippen LogP contribution in [0.5, 0.6) is 17.2 Å². The van der Waals surface area contributed by atoms with Crippen LogP contribution >= 0.6 is 12.2 Å². The predicted molar refractivity (Wildman–Crippen MR) is 146 cm³/mol. The Morgan fingerprint density at radius 1 is 1.03 bits per heavy atom. The third-order valence-electron chi connectivity index (χ3n) is 6.49. The Kier molecular flexibility index (Phi) is 7.81. The van der Waals surface area contributed by atoms with Gasteiger partial charge in [0.1, 0.15) is 12.4 Å². The van der Waals surface area contributed by atoms with Gasteiger partial charge in [0, 0.05) is 12.2 Å². The maximum absolute atomic E-state index is 6.32. The van der Waals surface area contributed by atoms with Crippen molar-refractivity contribution >= 4 is 23.0 Å². The predicted octanol–water partition coefficient (Wildman–Crippen LogP) is 6.51. The highest BCUT2D eigenvalue weighted by Gasteiger charge is 2.31. The maximum atomic E-state index is 6.32. The summed E-state index contributed by atoms with van der Waals surface area (Å²) in [6.45, 7) is 7.69. The average Bonchev–Trinajstić information content (AvgIpc) is 2.86. The number of thiocarbonyl (C=S) groups is 1. The first-order valence-corrected chi connectivity index (χ1v) is 12.4. The number of fused-ring (bicyclic) bond motifs is 1. The van der Waals surface area contributed by atoms with Gasteiger partial charge in [0.05, 0.1) is 20.3 Å². The highest BCUT2D eigenvalue weighted by Crippen LogP contribution is 2.38. The fraction of sp³-hybridized carbons (Fsp3) is 0.345. The molecule has 4 rings (SSSR count). The lowest BCUT2D eigenvalue weighted by Crippen LogP contribution is -2.44. The van der Waals surface area contributed by atoms with Crippen molar-refractivity contribution in [2.45, 2.75) is 39.2 Å². The topological polar surface area (TPSA) is 43.0 Å². The molecule has 0 amide bonds. The van der Waals surface area contributed by atoms with Crippen LogP contribution in [0.25, 0.3) is 0 Å². The van der Waals surface area contributed by atoms with Crippen molar-refractivity contribution in [3.8, 4) is 17.2 Å². The summed E-state index contributed by atoms with van der Waals surface area (Å²) >= 11 is 5.90. The first-order chi connectivity index (χ1) is 16.9. The van der Waals surface area contributed by atoms with E-state index >= 15 is 0 Å². The van der Waals surface area contributed by atoms with E-state index in [1.807, 2.05) is 24.3 Å². The van der Waals surface area contributed by atoms with Crippen molar-refractivity contribution in [3.05, 3.63) is 82.9 Å². The van der Waals surface area contributed by atoms with Gasteiger partial charge in [-0.3, -0.25) is 0 Å². The molecule has 3 aromatic carbocycles. The minimum absolute atomic E-state index is 0.0758. The maximum Gasteiger partial charge on any atom is 0.174 e. The number of aryl methyl sites for hydroxylation is 1. The second kappa shape index (κ2) is 11.0. The lowest BCUT2D eigenvalue weighted by atomic mass is 9.92. The first kappa shape index (κ1) is 24.9. The molecule has 1 atom stereocenters. The molecule has 1 aliphatic heterocycles. The zero-order valence-corrected chi connectivity index (χ0v) is 21.9. The number of hydrogen-bond acceptors (Lipinski definition) is 4. The van der Waals surface area contributed by atoms with Crippen LogP contribution < -0.4 is 19.5 Å². The van der Waals surface area contributed by atoms with E-state index in [4.69, 9.17) is 26.4 Å². The van der Waals surface area contributed by atoms with Gasteiger partial charge in [-0.05, 0) is 90.1 Å². The summed E-state index contributed by atoms with van der Waals surface area (Å²) in [5, 5.41) is 4.11. The van der Waals surface area contributed by atoms with Gasteiger partial charge < -0.3 is 24.4 Å². The molecular formula is C29H34N2O3S. The number of anilines is 1. The lowest BCUT2D eigenvalue weighted by molar-refractivity contribution is 0.190. The Labute approximate surface area is 214 Å². The normalized spacial score (nSPS) is 14.9. The number of rotatable bonds is 7. The second-order valence-electron chi connectivity index (χ2n) is 9.20. The number of ether oxygens (including phenoxy) is 3. The highest BCUT2D eigenvalue weighted by molar-refractivity contribution is 7.80. The molecule has 0 fully saturated rings. The van der Waals surface area contributed by atoms with Gasteiger partial charge >= 0.3 is 0 Å². The van der Waals surface area contributed by atoms with Gasteiger partial charge in [0.15, 0.2) is 16.6 Å². The van der Waals surface area contributed by atoms with Crippen LogP contribution in [0.1, 0.15) is 48.1 Å². The van der Waals surface area contributed by atoms with E-state index < -0.39 is 0 Å². The molecule has 6 heteroatoms. The van der Waals surface area contributed by atoms with Crippen LogP contribution in [0.4, 0.5) is 5.69 Å². The molecule has 0 spiro atoms. The number of nitrogens with zero attached hydrogens (tertiary/aromatic N) is 1. The summed E-state index contributed by atoms with van der Waals surface area (Å²) < 4.78 is 17.5. The van der Waals surface area contributed by atoms with E-state index in [1.165, 1.54) is 16.7 Å². The zero-order chi connectivity index (χ0) is 24.9. The molecule has 35 heavy (non-hydrogen) atoms. The summed E-state index contributed by atoms with van der Waals surface area (Å²) in [6.07, 6.45) is 0.852. The largest absolute Gasteiger partial charge is 0.493 e. The zero-order valence-electron chi connectivity index (χ0n) is 21.1. The smallest absolute Gasteiger partial charge is 0.174 e. The van der Waals surface area contributed by atoms with Crippen LogP contribution in [0.3, 0.4) is 0 Å². The van der Waals surface area contributed by atoms with E-state index in [0.717, 1.165) is 35.7 Å². The quantitative estimate of drug-likeness (QED) is 0.381. The standard InChI is InChI=1S/C29H34N2O3S/c1-19(2)21-9-11-24(12-10-21)34-18-26-25-17-28(33-5)27(32-4)16-22(25)13-14-31(26)29(35)30-23-8-6-7-20(3)15-23/h6-12,15-17,19,26H,13-14,18H2,1-5H3,(H,30,35). The van der Waals surface area contributed by atoms with Crippen LogP contribution in [-0.2, 0) is 6.42 Å². The second-order valence-corrected chi connectivity index (χ2v) is 9.59. The fourth-order valence-corrected chi connectivity index (χ4v) is 4.83. The summed E-state index contributed by atoms with van der Waals surface area (Å²) in [6, 6.07) is 20.6. The SMILES string of the molecule is COc1cc2c(cc1OC)C(COc1ccc(C(C)C)cc1)N(C(=S)Nc1cccc(C)c1)CC2. The Morgan fingerprint density at radius 3 is 2.40 bits per heavy atom. The summed E-state index contributed by atoms with van der Waals surface area (Å²) in [7, 11) is 3.33. The van der Waals surface area contributed by atoms with Gasteiger partial charge in [-0.15, -0.1) is 0 Å². The molecule has 0 saturated heterocycles. The Hall–Kier alpha value is -3.25. The minimum Gasteiger partial charge on any atom is -0.493 e. The molecule has 0 bridgehead atoms. The van der Waals surface area contributed by atoms with Crippen molar-refractivity contribution in [3.63, 3.8) is 0 Å².